The van der Waals surface area contributed by atoms with Crippen molar-refractivity contribution < 1.29 is 4.79 Å². The van der Waals surface area contributed by atoms with Crippen LogP contribution in [-0.4, -0.2) is 37.5 Å². The number of aliphatic imine (C=N–C) groups is 1. The predicted octanol–water partition coefficient (Wildman–Crippen LogP) is 2.69. The largest absolute Gasteiger partial charge is 0.357 e. The molecule has 7 heteroatoms. The number of nitrogens with zero attached hydrogens (tertiary/aromatic N) is 1. The van der Waals surface area contributed by atoms with Crippen molar-refractivity contribution in [3.63, 3.8) is 0 Å². The number of nitrogens with one attached hydrogen (secondary N) is 3. The summed E-state index contributed by atoms with van der Waals surface area (Å²) in [7, 11) is 0. The Morgan fingerprint density at radius 2 is 2.12 bits per heavy atom. The van der Waals surface area contributed by atoms with E-state index in [0.29, 0.717) is 19.1 Å². The molecule has 1 heterocycles. The van der Waals surface area contributed by atoms with E-state index in [2.05, 4.69) is 53.8 Å². The predicted molar refractivity (Wildman–Crippen MR) is 112 cm³/mol. The molecule has 5 nitrogen and oxygen atoms in total. The lowest BCUT2D eigenvalue weighted by Crippen LogP contribution is -2.43. The van der Waals surface area contributed by atoms with Crippen LogP contribution in [0.4, 0.5) is 0 Å². The Kier molecular flexibility index (Phi) is 9.65. The van der Waals surface area contributed by atoms with E-state index in [9.17, 15) is 4.79 Å². The lowest BCUT2D eigenvalue weighted by atomic mass is 10.2. The molecule has 1 fully saturated rings. The molecule has 2 rings (SSSR count). The molecule has 0 bridgehead atoms. The zero-order valence-corrected chi connectivity index (χ0v) is 17.9. The molecule has 136 valence electrons. The van der Waals surface area contributed by atoms with Crippen molar-refractivity contribution in [2.75, 3.05) is 19.6 Å². The summed E-state index contributed by atoms with van der Waals surface area (Å²) in [6, 6.07) is 4.66. The van der Waals surface area contributed by atoms with Gasteiger partial charge >= 0.3 is 0 Å². The van der Waals surface area contributed by atoms with Crippen LogP contribution >= 0.6 is 35.3 Å². The number of rotatable bonds is 8. The van der Waals surface area contributed by atoms with E-state index in [4.69, 9.17) is 0 Å². The number of carbonyl (C=O) groups is 1. The van der Waals surface area contributed by atoms with Gasteiger partial charge in [-0.25, -0.2) is 0 Å². The second kappa shape index (κ2) is 10.9. The molecule has 0 saturated heterocycles. The zero-order chi connectivity index (χ0) is 16.7. The molecule has 1 unspecified atom stereocenters. The molecule has 24 heavy (non-hydrogen) atoms. The number of guanidine groups is 1. The molecule has 0 radical (unpaired) electrons. The fraction of sp³-hybridized carbons (Fsp3) is 0.647. The molecule has 1 aliphatic rings. The summed E-state index contributed by atoms with van der Waals surface area (Å²) in [6.45, 7) is 8.37. The van der Waals surface area contributed by atoms with Crippen LogP contribution in [0, 0.1) is 12.8 Å². The Morgan fingerprint density at radius 3 is 2.71 bits per heavy atom. The van der Waals surface area contributed by atoms with Gasteiger partial charge in [0, 0.05) is 41.2 Å². The smallest absolute Gasteiger partial charge is 0.223 e. The molecular weight excluding hydrogens is 435 g/mol. The molecule has 1 aromatic heterocycles. The molecule has 1 aliphatic carbocycles. The van der Waals surface area contributed by atoms with E-state index < -0.39 is 0 Å². The maximum atomic E-state index is 11.6. The second-order valence-corrected chi connectivity index (χ2v) is 7.46. The highest BCUT2D eigenvalue weighted by Crippen LogP contribution is 2.28. The Balaban J connectivity index is 0.00000288. The Labute approximate surface area is 166 Å². The fourth-order valence-electron chi connectivity index (χ4n) is 2.34. The monoisotopic (exact) mass is 464 g/mol. The van der Waals surface area contributed by atoms with Crippen LogP contribution in [0.2, 0.25) is 0 Å². The molecule has 0 spiro atoms. The van der Waals surface area contributed by atoms with Gasteiger partial charge in [0.25, 0.3) is 0 Å². The molecule has 1 aromatic rings. The zero-order valence-electron chi connectivity index (χ0n) is 14.7. The van der Waals surface area contributed by atoms with Crippen molar-refractivity contribution in [1.29, 1.82) is 0 Å². The minimum absolute atomic E-state index is 0. The summed E-state index contributed by atoms with van der Waals surface area (Å²) >= 11 is 1.84. The van der Waals surface area contributed by atoms with Crippen LogP contribution in [0.5, 0.6) is 0 Å². The number of amides is 1. The van der Waals surface area contributed by atoms with Crippen LogP contribution in [0.15, 0.2) is 17.1 Å². The lowest BCUT2D eigenvalue weighted by Gasteiger charge is -2.17. The standard InChI is InChI=1S/C17H28N4OS.HI/c1-4-18-17(20-10-9-19-16(22)14-6-7-14)21-12(2)11-15-8-5-13(3)23-15;/h5,8,12,14H,4,6-7,9-11H2,1-3H3,(H,19,22)(H2,18,20,21);1H. The Hall–Kier alpha value is -0.830. The summed E-state index contributed by atoms with van der Waals surface area (Å²) in [6.07, 6.45) is 3.07. The third-order valence-electron chi connectivity index (χ3n) is 3.66. The van der Waals surface area contributed by atoms with Crippen molar-refractivity contribution in [3.8, 4) is 0 Å². The first kappa shape index (κ1) is 21.2. The second-order valence-electron chi connectivity index (χ2n) is 6.09. The van der Waals surface area contributed by atoms with Crippen LogP contribution < -0.4 is 16.0 Å². The molecule has 1 amide bonds. The average Bonchev–Trinajstić information content (AvgIpc) is 3.27. The van der Waals surface area contributed by atoms with Gasteiger partial charge in [-0.3, -0.25) is 9.79 Å². The number of hydrogen-bond acceptors (Lipinski definition) is 3. The van der Waals surface area contributed by atoms with Crippen LogP contribution in [0.1, 0.15) is 36.4 Å². The molecule has 1 atom stereocenters. The van der Waals surface area contributed by atoms with Crippen molar-refractivity contribution in [2.24, 2.45) is 10.9 Å². The highest BCUT2D eigenvalue weighted by molar-refractivity contribution is 14.0. The van der Waals surface area contributed by atoms with Crippen LogP contribution in [0.25, 0.3) is 0 Å². The van der Waals surface area contributed by atoms with Gasteiger partial charge in [0.05, 0.1) is 6.54 Å². The topological polar surface area (TPSA) is 65.5 Å². The summed E-state index contributed by atoms with van der Waals surface area (Å²) in [5.74, 6) is 1.26. The maximum Gasteiger partial charge on any atom is 0.223 e. The minimum atomic E-state index is 0. The van der Waals surface area contributed by atoms with Gasteiger partial charge in [-0.1, -0.05) is 0 Å². The molecule has 1 saturated carbocycles. The minimum Gasteiger partial charge on any atom is -0.357 e. The molecular formula is C17H29IN4OS. The Morgan fingerprint density at radius 1 is 1.38 bits per heavy atom. The molecule has 3 N–H and O–H groups in total. The van der Waals surface area contributed by atoms with Gasteiger partial charge in [-0.15, -0.1) is 35.3 Å². The van der Waals surface area contributed by atoms with E-state index >= 15 is 0 Å². The SMILES string of the molecule is CCNC(=NCCNC(=O)C1CC1)NC(C)Cc1ccc(C)s1.I. The number of halogens is 1. The molecule has 0 aromatic carbocycles. The van der Waals surface area contributed by atoms with E-state index in [0.717, 1.165) is 31.8 Å². The lowest BCUT2D eigenvalue weighted by molar-refractivity contribution is -0.122. The van der Waals surface area contributed by atoms with Crippen LogP contribution in [-0.2, 0) is 11.2 Å². The highest BCUT2D eigenvalue weighted by Gasteiger charge is 2.28. The average molecular weight is 464 g/mol. The van der Waals surface area contributed by atoms with Gasteiger partial charge in [0.2, 0.25) is 5.91 Å². The number of carbonyl (C=O) groups excluding carboxylic acids is 1. The maximum absolute atomic E-state index is 11.6. The summed E-state index contributed by atoms with van der Waals surface area (Å²) in [5.41, 5.74) is 0. The first-order chi connectivity index (χ1) is 11.1. The third kappa shape index (κ3) is 7.83. The van der Waals surface area contributed by atoms with Crippen LogP contribution in [0.3, 0.4) is 0 Å². The summed E-state index contributed by atoms with van der Waals surface area (Å²) < 4.78 is 0. The van der Waals surface area contributed by atoms with Crippen molar-refractivity contribution in [1.82, 2.24) is 16.0 Å². The third-order valence-corrected chi connectivity index (χ3v) is 4.68. The van der Waals surface area contributed by atoms with E-state index in [1.807, 2.05) is 11.3 Å². The normalized spacial score (nSPS) is 15.4. The van der Waals surface area contributed by atoms with Gasteiger partial charge < -0.3 is 16.0 Å². The van der Waals surface area contributed by atoms with Gasteiger partial charge in [0.1, 0.15) is 0 Å². The summed E-state index contributed by atoms with van der Waals surface area (Å²) in [5, 5.41) is 9.63. The van der Waals surface area contributed by atoms with E-state index in [1.165, 1.54) is 9.75 Å². The van der Waals surface area contributed by atoms with Gasteiger partial charge in [-0.2, -0.15) is 0 Å². The van der Waals surface area contributed by atoms with Gasteiger partial charge in [0.15, 0.2) is 5.96 Å². The van der Waals surface area contributed by atoms with Crippen molar-refractivity contribution in [2.45, 2.75) is 46.1 Å². The fourth-order valence-corrected chi connectivity index (χ4v) is 3.36. The number of hydrogen-bond donors (Lipinski definition) is 3. The number of thiophene rings is 1. The van der Waals surface area contributed by atoms with E-state index in [-0.39, 0.29) is 35.8 Å². The van der Waals surface area contributed by atoms with Crippen molar-refractivity contribution >= 4 is 47.2 Å². The van der Waals surface area contributed by atoms with Crippen molar-refractivity contribution in [3.05, 3.63) is 21.9 Å². The number of aryl methyl sites for hydroxylation is 1. The molecule has 0 aliphatic heterocycles. The first-order valence-corrected chi connectivity index (χ1v) is 9.28. The Bertz CT molecular complexity index is 542. The highest BCUT2D eigenvalue weighted by atomic mass is 127. The van der Waals surface area contributed by atoms with Gasteiger partial charge in [-0.05, 0) is 45.7 Å². The summed E-state index contributed by atoms with van der Waals surface area (Å²) in [4.78, 5) is 18.8. The first-order valence-electron chi connectivity index (χ1n) is 8.46. The quantitative estimate of drug-likeness (QED) is 0.240. The van der Waals surface area contributed by atoms with E-state index in [1.54, 1.807) is 0 Å².